The minimum atomic E-state index is 0.401. The zero-order valence-corrected chi connectivity index (χ0v) is 9.07. The predicted molar refractivity (Wildman–Crippen MR) is 61.2 cm³/mol. The van der Waals surface area contributed by atoms with E-state index in [1.54, 1.807) is 11.1 Å². The Labute approximate surface area is 85.9 Å². The van der Waals surface area contributed by atoms with Gasteiger partial charge in [0.2, 0.25) is 0 Å². The third-order valence-corrected chi connectivity index (χ3v) is 1.90. The maximum Gasteiger partial charge on any atom is 0.180 e. The van der Waals surface area contributed by atoms with Gasteiger partial charge in [-0.2, -0.15) is 0 Å². The van der Waals surface area contributed by atoms with Crippen LogP contribution in [-0.4, -0.2) is 23.2 Å². The molecule has 0 aliphatic rings. The molecule has 4 heteroatoms. The first kappa shape index (κ1) is 12.4. The molecule has 0 radical (unpaired) electrons. The normalized spacial score (nSPS) is 9.62. The van der Waals surface area contributed by atoms with Crippen molar-refractivity contribution in [3.8, 4) is 0 Å². The lowest BCUT2D eigenvalue weighted by Gasteiger charge is -2.22. The number of unbranched alkanes of at least 4 members (excludes halogenated alkanes) is 2. The number of nitrogens with two attached hydrogens (primary N) is 1. The molecule has 3 N–H and O–H groups in total. The Morgan fingerprint density at radius 3 is 2.77 bits per heavy atom. The topological polar surface area (TPSA) is 41.3 Å². The van der Waals surface area contributed by atoms with Crippen LogP contribution in [0.1, 0.15) is 26.2 Å². The van der Waals surface area contributed by atoms with Crippen LogP contribution < -0.4 is 11.2 Å². The van der Waals surface area contributed by atoms with Crippen LogP contribution in [0.15, 0.2) is 12.7 Å². The maximum atomic E-state index is 5.52. The summed E-state index contributed by atoms with van der Waals surface area (Å²) in [6.45, 7) is 7.35. The fourth-order valence-electron chi connectivity index (χ4n) is 0.962. The second-order valence-electron chi connectivity index (χ2n) is 2.85. The van der Waals surface area contributed by atoms with E-state index in [2.05, 4.69) is 18.9 Å². The summed E-state index contributed by atoms with van der Waals surface area (Å²) in [4.78, 5) is 0. The van der Waals surface area contributed by atoms with Crippen LogP contribution in [0.25, 0.3) is 0 Å². The van der Waals surface area contributed by atoms with Crippen LogP contribution in [0.3, 0.4) is 0 Å². The van der Waals surface area contributed by atoms with Crippen molar-refractivity contribution in [3.05, 3.63) is 12.7 Å². The van der Waals surface area contributed by atoms with Gasteiger partial charge >= 0.3 is 0 Å². The van der Waals surface area contributed by atoms with E-state index < -0.39 is 0 Å². The molecule has 0 heterocycles. The fourth-order valence-corrected chi connectivity index (χ4v) is 1.12. The highest BCUT2D eigenvalue weighted by molar-refractivity contribution is 7.80. The van der Waals surface area contributed by atoms with Crippen molar-refractivity contribution in [3.63, 3.8) is 0 Å². The highest BCUT2D eigenvalue weighted by atomic mass is 32.1. The van der Waals surface area contributed by atoms with Gasteiger partial charge < -0.3 is 5.73 Å². The number of hydrazine groups is 1. The number of rotatable bonds is 7. The summed E-state index contributed by atoms with van der Waals surface area (Å²) in [5.74, 6) is 0. The minimum Gasteiger partial charge on any atom is -0.375 e. The standard InChI is InChI=1S/C9H19N3S/c1-3-5-6-8-12(9(10)13)11-7-4-2/h4,11H,2-3,5-8H2,1H3,(H2,10,13). The summed E-state index contributed by atoms with van der Waals surface area (Å²) in [6.07, 6.45) is 5.30. The van der Waals surface area contributed by atoms with Crippen LogP contribution in [0.5, 0.6) is 0 Å². The average Bonchev–Trinajstić information content (AvgIpc) is 2.10. The van der Waals surface area contributed by atoms with Crippen LogP contribution >= 0.6 is 12.2 Å². The first-order valence-corrected chi connectivity index (χ1v) is 5.04. The minimum absolute atomic E-state index is 0.401. The molecule has 0 spiro atoms. The van der Waals surface area contributed by atoms with Gasteiger partial charge in [-0.1, -0.05) is 25.8 Å². The molecular formula is C9H19N3S. The third-order valence-electron chi connectivity index (χ3n) is 1.68. The molecule has 0 bridgehead atoms. The summed E-state index contributed by atoms with van der Waals surface area (Å²) in [5.41, 5.74) is 8.60. The first-order valence-electron chi connectivity index (χ1n) is 4.63. The van der Waals surface area contributed by atoms with E-state index >= 15 is 0 Å². The second kappa shape index (κ2) is 8.01. The van der Waals surface area contributed by atoms with Gasteiger partial charge in [-0.3, -0.25) is 5.01 Å². The molecule has 0 aromatic rings. The van der Waals surface area contributed by atoms with Crippen molar-refractivity contribution in [1.82, 2.24) is 10.4 Å². The van der Waals surface area contributed by atoms with Crippen molar-refractivity contribution in [2.75, 3.05) is 13.1 Å². The Morgan fingerprint density at radius 2 is 2.31 bits per heavy atom. The molecule has 3 nitrogen and oxygen atoms in total. The lowest BCUT2D eigenvalue weighted by molar-refractivity contribution is 0.317. The average molecular weight is 201 g/mol. The monoisotopic (exact) mass is 201 g/mol. The molecule has 0 aromatic carbocycles. The van der Waals surface area contributed by atoms with Crippen LogP contribution in [-0.2, 0) is 0 Å². The lowest BCUT2D eigenvalue weighted by atomic mass is 10.2. The molecule has 0 aromatic heterocycles. The fraction of sp³-hybridized carbons (Fsp3) is 0.667. The Hall–Kier alpha value is -0.610. The molecule has 0 unspecified atom stereocenters. The first-order chi connectivity index (χ1) is 6.22. The Morgan fingerprint density at radius 1 is 1.62 bits per heavy atom. The number of hydrogen-bond donors (Lipinski definition) is 2. The maximum absolute atomic E-state index is 5.52. The smallest absolute Gasteiger partial charge is 0.180 e. The van der Waals surface area contributed by atoms with Gasteiger partial charge in [-0.15, -0.1) is 6.58 Å². The van der Waals surface area contributed by atoms with Crippen LogP contribution in [0.2, 0.25) is 0 Å². The zero-order chi connectivity index (χ0) is 10.1. The van der Waals surface area contributed by atoms with Gasteiger partial charge in [0.25, 0.3) is 0 Å². The van der Waals surface area contributed by atoms with E-state index in [0.29, 0.717) is 11.7 Å². The molecule has 0 rings (SSSR count). The molecular weight excluding hydrogens is 182 g/mol. The SMILES string of the molecule is C=CCNN(CCCCC)C(N)=S. The van der Waals surface area contributed by atoms with Crippen molar-refractivity contribution in [2.45, 2.75) is 26.2 Å². The molecule has 0 aliphatic heterocycles. The molecule has 0 aliphatic carbocycles. The molecule has 0 atom stereocenters. The summed E-state index contributed by atoms with van der Waals surface area (Å²) in [5, 5.41) is 2.20. The van der Waals surface area contributed by atoms with Gasteiger partial charge in [-0.25, -0.2) is 5.43 Å². The van der Waals surface area contributed by atoms with Gasteiger partial charge in [0.15, 0.2) is 5.11 Å². The van der Waals surface area contributed by atoms with Crippen molar-refractivity contribution >= 4 is 17.3 Å². The van der Waals surface area contributed by atoms with Crippen molar-refractivity contribution in [1.29, 1.82) is 0 Å². The number of nitrogens with one attached hydrogen (secondary N) is 1. The van der Waals surface area contributed by atoms with Crippen LogP contribution in [0, 0.1) is 0 Å². The summed E-state index contributed by atoms with van der Waals surface area (Å²) in [7, 11) is 0. The van der Waals surface area contributed by atoms with E-state index in [9.17, 15) is 0 Å². The quantitative estimate of drug-likeness (QED) is 0.283. The summed E-state index contributed by atoms with van der Waals surface area (Å²) >= 11 is 4.89. The van der Waals surface area contributed by atoms with Crippen molar-refractivity contribution < 1.29 is 0 Å². The Balaban J connectivity index is 3.66. The molecule has 0 saturated carbocycles. The Kier molecular flexibility index (Phi) is 7.63. The lowest BCUT2D eigenvalue weighted by Crippen LogP contribution is -2.46. The van der Waals surface area contributed by atoms with E-state index in [0.717, 1.165) is 13.0 Å². The van der Waals surface area contributed by atoms with E-state index in [1.807, 2.05) is 0 Å². The predicted octanol–water partition coefficient (Wildman–Crippen LogP) is 1.41. The Bertz CT molecular complexity index is 159. The van der Waals surface area contributed by atoms with Crippen molar-refractivity contribution in [2.24, 2.45) is 5.73 Å². The number of thiocarbonyl (C=S) groups is 1. The molecule has 0 saturated heterocycles. The van der Waals surface area contributed by atoms with E-state index in [4.69, 9.17) is 18.0 Å². The molecule has 0 fully saturated rings. The largest absolute Gasteiger partial charge is 0.375 e. The third kappa shape index (κ3) is 6.54. The van der Waals surface area contributed by atoms with Crippen LogP contribution in [0.4, 0.5) is 0 Å². The van der Waals surface area contributed by atoms with Gasteiger partial charge in [-0.05, 0) is 18.6 Å². The van der Waals surface area contributed by atoms with Gasteiger partial charge in [0.1, 0.15) is 0 Å². The van der Waals surface area contributed by atoms with E-state index in [1.165, 1.54) is 12.8 Å². The van der Waals surface area contributed by atoms with E-state index in [-0.39, 0.29) is 0 Å². The molecule has 0 amide bonds. The summed E-state index contributed by atoms with van der Waals surface area (Å²) in [6, 6.07) is 0. The number of nitrogens with zero attached hydrogens (tertiary/aromatic N) is 1. The molecule has 13 heavy (non-hydrogen) atoms. The van der Waals surface area contributed by atoms with Gasteiger partial charge in [0, 0.05) is 13.1 Å². The highest BCUT2D eigenvalue weighted by Gasteiger charge is 2.02. The highest BCUT2D eigenvalue weighted by Crippen LogP contribution is 1.95. The summed E-state index contributed by atoms with van der Waals surface area (Å²) < 4.78 is 0. The zero-order valence-electron chi connectivity index (χ0n) is 8.25. The van der Waals surface area contributed by atoms with Gasteiger partial charge in [0.05, 0.1) is 0 Å². The second-order valence-corrected chi connectivity index (χ2v) is 3.27. The number of hydrogen-bond acceptors (Lipinski definition) is 2. The molecule has 76 valence electrons.